The van der Waals surface area contributed by atoms with E-state index in [1.807, 2.05) is 37.6 Å². The molecular weight excluding hydrogens is 208 g/mol. The van der Waals surface area contributed by atoms with E-state index in [9.17, 15) is 4.79 Å². The zero-order valence-electron chi connectivity index (χ0n) is 10.2. The molecule has 1 atom stereocenters. The van der Waals surface area contributed by atoms with Gasteiger partial charge in [-0.25, -0.2) is 0 Å². The van der Waals surface area contributed by atoms with Gasteiger partial charge in [-0.1, -0.05) is 6.92 Å². The van der Waals surface area contributed by atoms with E-state index in [-0.39, 0.29) is 5.91 Å². The molecule has 1 aliphatic rings. The molecule has 1 N–H and O–H groups in total. The van der Waals surface area contributed by atoms with Crippen molar-refractivity contribution < 1.29 is 4.79 Å². The van der Waals surface area contributed by atoms with Crippen LogP contribution in [0.2, 0.25) is 0 Å². The molecule has 0 aliphatic carbocycles. The Bertz CT molecular complexity index is 231. The highest BCUT2D eigenvalue weighted by Gasteiger charge is 2.32. The van der Waals surface area contributed by atoms with Gasteiger partial charge in [-0.05, 0) is 27.3 Å². The largest absolute Gasteiger partial charge is 0.339 e. The number of hydrogen-bond acceptors (Lipinski definition) is 3. The molecule has 15 heavy (non-hydrogen) atoms. The Balaban J connectivity index is 2.60. The summed E-state index contributed by atoms with van der Waals surface area (Å²) in [7, 11) is 1.84. The first-order valence-electron chi connectivity index (χ1n) is 5.61. The Kier molecular flexibility index (Phi) is 4.46. The molecule has 0 saturated carbocycles. The van der Waals surface area contributed by atoms with Gasteiger partial charge >= 0.3 is 0 Å². The van der Waals surface area contributed by atoms with Crippen LogP contribution in [0.1, 0.15) is 27.2 Å². The van der Waals surface area contributed by atoms with E-state index in [1.54, 1.807) is 0 Å². The summed E-state index contributed by atoms with van der Waals surface area (Å²) in [4.78, 5) is 14.2. The third kappa shape index (κ3) is 3.11. The van der Waals surface area contributed by atoms with Crippen molar-refractivity contribution in [3.05, 3.63) is 0 Å². The van der Waals surface area contributed by atoms with Gasteiger partial charge in [0.25, 0.3) is 0 Å². The first-order chi connectivity index (χ1) is 7.01. The van der Waals surface area contributed by atoms with Gasteiger partial charge in [0.05, 0.1) is 5.54 Å². The molecule has 1 rings (SSSR count). The van der Waals surface area contributed by atoms with Crippen LogP contribution in [-0.2, 0) is 4.79 Å². The molecule has 1 unspecified atom stereocenters. The molecule has 1 aliphatic heterocycles. The van der Waals surface area contributed by atoms with Crippen LogP contribution in [0.15, 0.2) is 0 Å². The number of hydrogen-bond donors (Lipinski definition) is 1. The molecule has 1 heterocycles. The Morgan fingerprint density at radius 1 is 1.60 bits per heavy atom. The molecule has 1 amide bonds. The number of carbonyl (C=O) groups excluding carboxylic acids is 1. The minimum absolute atomic E-state index is 0.226. The molecular formula is C11H22N2OS. The number of thioether (sulfide) groups is 1. The lowest BCUT2D eigenvalue weighted by atomic mass is 10.0. The fraction of sp³-hybridized carbons (Fsp3) is 0.909. The summed E-state index contributed by atoms with van der Waals surface area (Å²) in [5, 5.41) is 3.69. The lowest BCUT2D eigenvalue weighted by molar-refractivity contribution is -0.136. The predicted octanol–water partition coefficient (Wildman–Crippen LogP) is 1.34. The molecule has 88 valence electrons. The maximum Gasteiger partial charge on any atom is 0.242 e. The van der Waals surface area contributed by atoms with Gasteiger partial charge < -0.3 is 10.2 Å². The standard InChI is InChI=1S/C11H22N2OS/c1-5-9-8-13(6-7-15-9)10(14)11(2,3)12-4/h9,12H,5-8H2,1-4H3. The van der Waals surface area contributed by atoms with Crippen molar-refractivity contribution in [3.63, 3.8) is 0 Å². The highest BCUT2D eigenvalue weighted by molar-refractivity contribution is 8.00. The summed E-state index contributed by atoms with van der Waals surface area (Å²) < 4.78 is 0. The molecule has 0 aromatic rings. The Morgan fingerprint density at radius 3 is 2.80 bits per heavy atom. The van der Waals surface area contributed by atoms with Crippen LogP contribution in [0.5, 0.6) is 0 Å². The van der Waals surface area contributed by atoms with E-state index < -0.39 is 5.54 Å². The number of carbonyl (C=O) groups is 1. The molecule has 0 aromatic heterocycles. The van der Waals surface area contributed by atoms with Crippen molar-refractivity contribution in [2.24, 2.45) is 0 Å². The van der Waals surface area contributed by atoms with E-state index >= 15 is 0 Å². The van der Waals surface area contributed by atoms with Crippen LogP contribution >= 0.6 is 11.8 Å². The number of likely N-dealkylation sites (N-methyl/N-ethyl adjacent to an activating group) is 1. The van der Waals surface area contributed by atoms with Gasteiger partial charge in [-0.3, -0.25) is 4.79 Å². The Morgan fingerprint density at radius 2 is 2.27 bits per heavy atom. The van der Waals surface area contributed by atoms with E-state index in [1.165, 1.54) is 0 Å². The fourth-order valence-electron chi connectivity index (χ4n) is 1.65. The average Bonchev–Trinajstić information content (AvgIpc) is 2.28. The number of amides is 1. The summed E-state index contributed by atoms with van der Waals surface area (Å²) in [6.07, 6.45) is 1.15. The second kappa shape index (κ2) is 5.21. The van der Waals surface area contributed by atoms with Crippen molar-refractivity contribution in [3.8, 4) is 0 Å². The lowest BCUT2D eigenvalue weighted by Gasteiger charge is -2.37. The monoisotopic (exact) mass is 230 g/mol. The number of nitrogens with one attached hydrogen (secondary N) is 1. The Hall–Kier alpha value is -0.220. The van der Waals surface area contributed by atoms with Crippen molar-refractivity contribution in [1.82, 2.24) is 10.2 Å². The molecule has 0 spiro atoms. The summed E-state index contributed by atoms with van der Waals surface area (Å²) >= 11 is 1.99. The van der Waals surface area contributed by atoms with Crippen LogP contribution in [-0.4, -0.2) is 47.5 Å². The van der Waals surface area contributed by atoms with Gasteiger partial charge in [0.1, 0.15) is 0 Å². The topological polar surface area (TPSA) is 32.3 Å². The summed E-state index contributed by atoms with van der Waals surface area (Å²) in [5.41, 5.74) is -0.430. The molecule has 1 saturated heterocycles. The molecule has 0 bridgehead atoms. The molecule has 1 fully saturated rings. The second-order valence-corrected chi connectivity index (χ2v) is 5.94. The van der Waals surface area contributed by atoms with Gasteiger partial charge in [0.2, 0.25) is 5.91 Å². The lowest BCUT2D eigenvalue weighted by Crippen LogP contribution is -2.55. The average molecular weight is 230 g/mol. The van der Waals surface area contributed by atoms with E-state index in [0.717, 1.165) is 25.3 Å². The minimum atomic E-state index is -0.430. The highest BCUT2D eigenvalue weighted by Crippen LogP contribution is 2.22. The van der Waals surface area contributed by atoms with Crippen LogP contribution in [0.4, 0.5) is 0 Å². The molecule has 0 aromatic carbocycles. The highest BCUT2D eigenvalue weighted by atomic mass is 32.2. The molecule has 4 heteroatoms. The van der Waals surface area contributed by atoms with Crippen LogP contribution < -0.4 is 5.32 Å². The van der Waals surface area contributed by atoms with Gasteiger partial charge in [0.15, 0.2) is 0 Å². The zero-order chi connectivity index (χ0) is 11.5. The van der Waals surface area contributed by atoms with Crippen LogP contribution in [0.25, 0.3) is 0 Å². The van der Waals surface area contributed by atoms with Crippen molar-refractivity contribution in [1.29, 1.82) is 0 Å². The smallest absolute Gasteiger partial charge is 0.242 e. The maximum atomic E-state index is 12.2. The SMILES string of the molecule is CCC1CN(C(=O)C(C)(C)NC)CCS1. The van der Waals surface area contributed by atoms with Gasteiger partial charge in [0, 0.05) is 24.1 Å². The summed E-state index contributed by atoms with van der Waals surface area (Å²) in [6, 6.07) is 0. The number of rotatable bonds is 3. The second-order valence-electron chi connectivity index (χ2n) is 4.53. The summed E-state index contributed by atoms with van der Waals surface area (Å²) in [5.74, 6) is 1.30. The van der Waals surface area contributed by atoms with Crippen molar-refractivity contribution in [2.45, 2.75) is 38.0 Å². The number of nitrogens with zero attached hydrogens (tertiary/aromatic N) is 1. The van der Waals surface area contributed by atoms with Crippen molar-refractivity contribution in [2.75, 3.05) is 25.9 Å². The van der Waals surface area contributed by atoms with Gasteiger partial charge in [-0.15, -0.1) is 0 Å². The third-order valence-corrected chi connectivity index (χ3v) is 4.41. The van der Waals surface area contributed by atoms with E-state index in [2.05, 4.69) is 12.2 Å². The fourth-order valence-corrected chi connectivity index (χ4v) is 2.83. The normalized spacial score (nSPS) is 22.9. The van der Waals surface area contributed by atoms with Crippen LogP contribution in [0.3, 0.4) is 0 Å². The molecule has 3 nitrogen and oxygen atoms in total. The van der Waals surface area contributed by atoms with Crippen molar-refractivity contribution >= 4 is 17.7 Å². The quantitative estimate of drug-likeness (QED) is 0.794. The minimum Gasteiger partial charge on any atom is -0.339 e. The van der Waals surface area contributed by atoms with E-state index in [4.69, 9.17) is 0 Å². The predicted molar refractivity (Wildman–Crippen MR) is 66.3 cm³/mol. The van der Waals surface area contributed by atoms with Crippen LogP contribution in [0, 0.1) is 0 Å². The zero-order valence-corrected chi connectivity index (χ0v) is 11.0. The van der Waals surface area contributed by atoms with E-state index in [0.29, 0.717) is 5.25 Å². The Labute approximate surface area is 97.0 Å². The summed E-state index contributed by atoms with van der Waals surface area (Å²) in [6.45, 7) is 7.88. The first-order valence-corrected chi connectivity index (χ1v) is 6.66. The maximum absolute atomic E-state index is 12.2. The molecule has 0 radical (unpaired) electrons. The third-order valence-electron chi connectivity index (χ3n) is 3.04. The first kappa shape index (κ1) is 12.8. The van der Waals surface area contributed by atoms with Gasteiger partial charge in [-0.2, -0.15) is 11.8 Å².